The van der Waals surface area contributed by atoms with E-state index in [1.165, 1.54) is 4.31 Å². The second-order valence-electron chi connectivity index (χ2n) is 6.35. The lowest BCUT2D eigenvalue weighted by Gasteiger charge is -2.20. The molecule has 2 fully saturated rings. The number of anilines is 1. The number of rotatable bonds is 4. The number of thioether (sulfide) groups is 1. The molecule has 1 amide bonds. The monoisotopic (exact) mass is 384 g/mol. The van der Waals surface area contributed by atoms with Crippen LogP contribution in [-0.4, -0.2) is 74.4 Å². The van der Waals surface area contributed by atoms with Gasteiger partial charge < -0.3 is 10.2 Å². The van der Waals surface area contributed by atoms with Gasteiger partial charge in [-0.05, 0) is 38.2 Å². The maximum atomic E-state index is 12.9. The predicted octanol–water partition coefficient (Wildman–Crippen LogP) is 0.614. The summed E-state index contributed by atoms with van der Waals surface area (Å²) in [7, 11) is -1.55. The Labute approximate surface area is 153 Å². The Balaban J connectivity index is 1.74. The Morgan fingerprint density at radius 2 is 2.12 bits per heavy atom. The smallest absolute Gasteiger partial charge is 0.243 e. The van der Waals surface area contributed by atoms with E-state index in [0.717, 1.165) is 31.1 Å². The van der Waals surface area contributed by atoms with E-state index in [4.69, 9.17) is 0 Å². The lowest BCUT2D eigenvalue weighted by molar-refractivity contribution is -0.117. The second-order valence-corrected chi connectivity index (χ2v) is 9.32. The van der Waals surface area contributed by atoms with E-state index in [2.05, 4.69) is 15.5 Å². The van der Waals surface area contributed by atoms with Crippen molar-refractivity contribution in [3.8, 4) is 0 Å². The molecule has 1 atom stereocenters. The molecular weight excluding hydrogens is 360 g/mol. The molecular formula is C16H24N4O3S2. The minimum Gasteiger partial charge on any atom is -0.325 e. The number of nitrogens with one attached hydrogen (secondary N) is 2. The van der Waals surface area contributed by atoms with Gasteiger partial charge in [-0.3, -0.25) is 10.1 Å². The molecule has 1 aromatic rings. The van der Waals surface area contributed by atoms with E-state index in [9.17, 15) is 13.2 Å². The molecule has 2 aliphatic rings. The van der Waals surface area contributed by atoms with Crippen LogP contribution in [-0.2, 0) is 14.8 Å². The standard InChI is InChI=1S/C16H24N4O3S2/c1-19-6-3-7-20(9-8-19)25(22,23)14-5-2-4-13(10-14)18-16(21)15-11-24-12-17-15/h2,4-5,10,15,17H,3,6-9,11-12H2,1H3,(H,18,21). The quantitative estimate of drug-likeness (QED) is 0.792. The van der Waals surface area contributed by atoms with Gasteiger partial charge in [0.25, 0.3) is 0 Å². The SMILES string of the molecule is CN1CCCN(S(=O)(=O)c2cccc(NC(=O)C3CSCN3)c2)CC1. The molecule has 138 valence electrons. The predicted molar refractivity (Wildman–Crippen MR) is 100 cm³/mol. The lowest BCUT2D eigenvalue weighted by Crippen LogP contribution is -2.37. The van der Waals surface area contributed by atoms with E-state index in [-0.39, 0.29) is 16.8 Å². The molecule has 0 aliphatic carbocycles. The molecule has 2 saturated heterocycles. The Morgan fingerprint density at radius 1 is 1.28 bits per heavy atom. The van der Waals surface area contributed by atoms with E-state index < -0.39 is 10.0 Å². The summed E-state index contributed by atoms with van der Waals surface area (Å²) in [5.41, 5.74) is 0.511. The number of nitrogens with zero attached hydrogens (tertiary/aromatic N) is 2. The van der Waals surface area contributed by atoms with Gasteiger partial charge in [-0.15, -0.1) is 11.8 Å². The molecule has 2 N–H and O–H groups in total. The molecule has 0 aromatic heterocycles. The van der Waals surface area contributed by atoms with Gasteiger partial charge in [0.2, 0.25) is 15.9 Å². The summed E-state index contributed by atoms with van der Waals surface area (Å²) in [6.07, 6.45) is 0.817. The van der Waals surface area contributed by atoms with Crippen LogP contribution < -0.4 is 10.6 Å². The summed E-state index contributed by atoms with van der Waals surface area (Å²) in [6.45, 7) is 2.63. The van der Waals surface area contributed by atoms with Crippen LogP contribution in [0.4, 0.5) is 5.69 Å². The zero-order valence-corrected chi connectivity index (χ0v) is 15.9. The molecule has 0 spiro atoms. The van der Waals surface area contributed by atoms with Gasteiger partial charge in [-0.25, -0.2) is 8.42 Å². The Morgan fingerprint density at radius 3 is 2.88 bits per heavy atom. The maximum absolute atomic E-state index is 12.9. The molecule has 7 nitrogen and oxygen atoms in total. The van der Waals surface area contributed by atoms with Crippen molar-refractivity contribution in [2.45, 2.75) is 17.4 Å². The van der Waals surface area contributed by atoms with Crippen LogP contribution in [0.5, 0.6) is 0 Å². The van der Waals surface area contributed by atoms with Crippen LogP contribution in [0.15, 0.2) is 29.2 Å². The normalized spacial score (nSPS) is 23.3. The largest absolute Gasteiger partial charge is 0.325 e. The fourth-order valence-electron chi connectivity index (χ4n) is 2.94. The second kappa shape index (κ2) is 8.05. The number of hydrogen-bond acceptors (Lipinski definition) is 6. The lowest BCUT2D eigenvalue weighted by atomic mass is 10.2. The first-order valence-corrected chi connectivity index (χ1v) is 11.0. The summed E-state index contributed by atoms with van der Waals surface area (Å²) < 4.78 is 27.4. The van der Waals surface area contributed by atoms with Crippen LogP contribution in [0.25, 0.3) is 0 Å². The van der Waals surface area contributed by atoms with E-state index in [1.54, 1.807) is 36.0 Å². The third-order valence-electron chi connectivity index (χ3n) is 4.45. The highest BCUT2D eigenvalue weighted by Gasteiger charge is 2.27. The van der Waals surface area contributed by atoms with Crippen LogP contribution >= 0.6 is 11.8 Å². The Bertz CT molecular complexity index is 720. The minimum absolute atomic E-state index is 0.129. The highest BCUT2D eigenvalue weighted by molar-refractivity contribution is 7.99. The molecule has 0 bridgehead atoms. The Hall–Kier alpha value is -1.13. The average molecular weight is 385 g/mol. The Kier molecular flexibility index (Phi) is 6.00. The number of carbonyl (C=O) groups excluding carboxylic acids is 1. The van der Waals surface area contributed by atoms with Crippen molar-refractivity contribution in [3.63, 3.8) is 0 Å². The molecule has 1 aromatic carbocycles. The summed E-state index contributed by atoms with van der Waals surface area (Å²) in [6, 6.07) is 6.29. The van der Waals surface area contributed by atoms with Crippen molar-refractivity contribution >= 4 is 33.4 Å². The first kappa shape index (κ1) is 18.7. The fourth-order valence-corrected chi connectivity index (χ4v) is 5.40. The summed E-state index contributed by atoms with van der Waals surface area (Å²) in [4.78, 5) is 14.6. The molecule has 2 aliphatic heterocycles. The number of carbonyl (C=O) groups is 1. The number of amides is 1. The zero-order chi connectivity index (χ0) is 17.9. The summed E-state index contributed by atoms with van der Waals surface area (Å²) in [5, 5.41) is 5.92. The molecule has 0 radical (unpaired) electrons. The van der Waals surface area contributed by atoms with Crippen LogP contribution in [0.3, 0.4) is 0 Å². The molecule has 1 unspecified atom stereocenters. The van der Waals surface area contributed by atoms with Crippen molar-refractivity contribution < 1.29 is 13.2 Å². The number of likely N-dealkylation sites (N-methyl/N-ethyl adjacent to an activating group) is 1. The van der Waals surface area contributed by atoms with Gasteiger partial charge in [-0.1, -0.05) is 6.07 Å². The molecule has 3 rings (SSSR count). The number of sulfonamides is 1. The first-order valence-electron chi connectivity index (χ1n) is 8.37. The molecule has 9 heteroatoms. The summed E-state index contributed by atoms with van der Waals surface area (Å²) >= 11 is 1.67. The van der Waals surface area contributed by atoms with Crippen molar-refractivity contribution in [3.05, 3.63) is 24.3 Å². The van der Waals surface area contributed by atoms with Crippen molar-refractivity contribution in [1.29, 1.82) is 0 Å². The van der Waals surface area contributed by atoms with Crippen molar-refractivity contribution in [1.82, 2.24) is 14.5 Å². The molecule has 2 heterocycles. The highest BCUT2D eigenvalue weighted by atomic mass is 32.2. The van der Waals surface area contributed by atoms with Gasteiger partial charge in [0.15, 0.2) is 0 Å². The highest BCUT2D eigenvalue weighted by Crippen LogP contribution is 2.21. The average Bonchev–Trinajstić information content (AvgIpc) is 3.04. The van der Waals surface area contributed by atoms with Gasteiger partial charge in [0.05, 0.1) is 10.9 Å². The minimum atomic E-state index is -3.55. The number of benzene rings is 1. The third-order valence-corrected chi connectivity index (χ3v) is 7.29. The van der Waals surface area contributed by atoms with Crippen molar-refractivity contribution in [2.24, 2.45) is 0 Å². The maximum Gasteiger partial charge on any atom is 0.243 e. The van der Waals surface area contributed by atoms with Crippen LogP contribution in [0, 0.1) is 0 Å². The van der Waals surface area contributed by atoms with E-state index in [1.807, 2.05) is 7.05 Å². The van der Waals surface area contributed by atoms with Crippen molar-refractivity contribution in [2.75, 3.05) is 50.2 Å². The fraction of sp³-hybridized carbons (Fsp3) is 0.562. The van der Waals surface area contributed by atoms with Crippen LogP contribution in [0.1, 0.15) is 6.42 Å². The van der Waals surface area contributed by atoms with Crippen LogP contribution in [0.2, 0.25) is 0 Å². The zero-order valence-electron chi connectivity index (χ0n) is 14.3. The topological polar surface area (TPSA) is 81.8 Å². The number of hydrogen-bond donors (Lipinski definition) is 2. The molecule has 0 saturated carbocycles. The van der Waals surface area contributed by atoms with E-state index in [0.29, 0.717) is 18.8 Å². The van der Waals surface area contributed by atoms with Gasteiger partial charge in [-0.2, -0.15) is 4.31 Å². The molecule has 25 heavy (non-hydrogen) atoms. The summed E-state index contributed by atoms with van der Waals surface area (Å²) in [5.74, 6) is 1.36. The van der Waals surface area contributed by atoms with Gasteiger partial charge >= 0.3 is 0 Å². The third kappa shape index (κ3) is 4.53. The van der Waals surface area contributed by atoms with Gasteiger partial charge in [0, 0.05) is 37.0 Å². The van der Waals surface area contributed by atoms with Gasteiger partial charge in [0.1, 0.15) is 0 Å². The van der Waals surface area contributed by atoms with E-state index >= 15 is 0 Å². The first-order chi connectivity index (χ1) is 12.0.